The summed E-state index contributed by atoms with van der Waals surface area (Å²) in [6, 6.07) is 7.72. The number of fused-ring (bicyclic) bond motifs is 1. The van der Waals surface area contributed by atoms with Crippen LogP contribution < -0.4 is 4.74 Å². The number of benzene rings is 1. The zero-order valence-corrected chi connectivity index (χ0v) is 11.2. The second kappa shape index (κ2) is 5.05. The molecule has 98 valence electrons. The van der Waals surface area contributed by atoms with E-state index in [0.29, 0.717) is 10.6 Å². The number of hydrogen-bond donors (Lipinski definition) is 1. The number of aryl methyl sites for hydroxylation is 2. The van der Waals surface area contributed by atoms with Gasteiger partial charge in [-0.2, -0.15) is 0 Å². The van der Waals surface area contributed by atoms with Gasteiger partial charge < -0.3 is 9.84 Å². The Hall–Kier alpha value is -1.81. The van der Waals surface area contributed by atoms with Crippen molar-refractivity contribution in [3.8, 4) is 11.5 Å². The van der Waals surface area contributed by atoms with Gasteiger partial charge in [0.1, 0.15) is 16.4 Å². The minimum absolute atomic E-state index is 0.299. The van der Waals surface area contributed by atoms with Crippen molar-refractivity contribution in [3.05, 3.63) is 45.6 Å². The van der Waals surface area contributed by atoms with E-state index in [2.05, 4.69) is 12.1 Å². The van der Waals surface area contributed by atoms with E-state index in [1.165, 1.54) is 35.3 Å². The average Bonchev–Trinajstić information content (AvgIpc) is 2.87. The number of thiophene rings is 1. The lowest BCUT2D eigenvalue weighted by Gasteiger charge is -2.16. The second-order valence-corrected chi connectivity index (χ2v) is 5.60. The zero-order chi connectivity index (χ0) is 13.2. The summed E-state index contributed by atoms with van der Waals surface area (Å²) in [6.07, 6.45) is 4.76. The monoisotopic (exact) mass is 274 g/mol. The molecule has 19 heavy (non-hydrogen) atoms. The Balaban J connectivity index is 1.80. The van der Waals surface area contributed by atoms with Gasteiger partial charge in [0.15, 0.2) is 0 Å². The fourth-order valence-corrected chi connectivity index (χ4v) is 3.04. The largest absolute Gasteiger partial charge is 0.477 e. The zero-order valence-electron chi connectivity index (χ0n) is 10.4. The van der Waals surface area contributed by atoms with Gasteiger partial charge in [0.2, 0.25) is 0 Å². The molecule has 1 aromatic carbocycles. The lowest BCUT2D eigenvalue weighted by Crippen LogP contribution is -2.02. The standard InChI is InChI=1S/C15H14O3S/c16-15(17)14-8-13(9-19-14)18-12-6-5-10-3-1-2-4-11(10)7-12/h5-9H,1-4H2,(H,16,17). The van der Waals surface area contributed by atoms with Gasteiger partial charge in [-0.05, 0) is 48.9 Å². The van der Waals surface area contributed by atoms with Crippen LogP contribution in [0.25, 0.3) is 0 Å². The fourth-order valence-electron chi connectivity index (χ4n) is 2.39. The summed E-state index contributed by atoms with van der Waals surface area (Å²) < 4.78 is 5.72. The Bertz CT molecular complexity index is 616. The predicted molar refractivity (Wildman–Crippen MR) is 74.4 cm³/mol. The molecule has 3 nitrogen and oxygen atoms in total. The third kappa shape index (κ3) is 2.63. The van der Waals surface area contributed by atoms with Crippen molar-refractivity contribution < 1.29 is 14.6 Å². The smallest absolute Gasteiger partial charge is 0.346 e. The number of ether oxygens (including phenoxy) is 1. The lowest BCUT2D eigenvalue weighted by atomic mass is 9.92. The minimum atomic E-state index is -0.912. The second-order valence-electron chi connectivity index (χ2n) is 4.69. The predicted octanol–water partition coefficient (Wildman–Crippen LogP) is 4.12. The van der Waals surface area contributed by atoms with Gasteiger partial charge in [-0.3, -0.25) is 0 Å². The topological polar surface area (TPSA) is 46.5 Å². The molecule has 0 radical (unpaired) electrons. The molecule has 1 aromatic heterocycles. The molecule has 0 bridgehead atoms. The summed E-state index contributed by atoms with van der Waals surface area (Å²) >= 11 is 1.18. The third-order valence-corrected chi connectivity index (χ3v) is 4.24. The van der Waals surface area contributed by atoms with Crippen molar-refractivity contribution in [2.75, 3.05) is 0 Å². The Morgan fingerprint density at radius 1 is 1.11 bits per heavy atom. The molecule has 1 aliphatic carbocycles. The number of hydrogen-bond acceptors (Lipinski definition) is 3. The number of rotatable bonds is 3. The first-order chi connectivity index (χ1) is 9.22. The normalized spacial score (nSPS) is 13.9. The summed E-state index contributed by atoms with van der Waals surface area (Å²) in [7, 11) is 0. The van der Waals surface area contributed by atoms with E-state index in [9.17, 15) is 4.79 Å². The summed E-state index contributed by atoms with van der Waals surface area (Å²) in [5, 5.41) is 10.6. The maximum atomic E-state index is 10.8. The van der Waals surface area contributed by atoms with Gasteiger partial charge in [-0.25, -0.2) is 4.79 Å². The lowest BCUT2D eigenvalue weighted by molar-refractivity contribution is 0.0702. The molecule has 0 spiro atoms. The van der Waals surface area contributed by atoms with Crippen LogP contribution in [-0.4, -0.2) is 11.1 Å². The first-order valence-corrected chi connectivity index (χ1v) is 7.22. The van der Waals surface area contributed by atoms with E-state index in [-0.39, 0.29) is 0 Å². The van der Waals surface area contributed by atoms with E-state index in [0.717, 1.165) is 18.6 Å². The van der Waals surface area contributed by atoms with Crippen LogP contribution in [0, 0.1) is 0 Å². The molecule has 0 saturated heterocycles. The van der Waals surface area contributed by atoms with Crippen LogP contribution in [0.4, 0.5) is 0 Å². The molecule has 0 atom stereocenters. The van der Waals surface area contributed by atoms with Crippen LogP contribution in [0.2, 0.25) is 0 Å². The highest BCUT2D eigenvalue weighted by atomic mass is 32.1. The molecule has 2 aromatic rings. The quantitative estimate of drug-likeness (QED) is 0.915. The van der Waals surface area contributed by atoms with Gasteiger partial charge >= 0.3 is 5.97 Å². The summed E-state index contributed by atoms with van der Waals surface area (Å²) in [6.45, 7) is 0. The third-order valence-electron chi connectivity index (χ3n) is 3.34. The molecule has 1 aliphatic rings. The Morgan fingerprint density at radius 3 is 2.63 bits per heavy atom. The summed E-state index contributed by atoms with van der Waals surface area (Å²) in [5.74, 6) is 0.471. The number of carboxylic acid groups (broad SMARTS) is 1. The Kier molecular flexibility index (Phi) is 3.25. The minimum Gasteiger partial charge on any atom is -0.477 e. The van der Waals surface area contributed by atoms with Gasteiger partial charge in [0.25, 0.3) is 0 Å². The molecule has 0 unspecified atom stereocenters. The molecule has 0 saturated carbocycles. The summed E-state index contributed by atoms with van der Waals surface area (Å²) in [5.41, 5.74) is 2.77. The van der Waals surface area contributed by atoms with Crippen molar-refractivity contribution in [3.63, 3.8) is 0 Å². The first-order valence-electron chi connectivity index (χ1n) is 6.34. The van der Waals surface area contributed by atoms with Crippen molar-refractivity contribution in [2.24, 2.45) is 0 Å². The van der Waals surface area contributed by atoms with Crippen LogP contribution in [0.15, 0.2) is 29.6 Å². The highest BCUT2D eigenvalue weighted by Crippen LogP contribution is 2.30. The van der Waals surface area contributed by atoms with Crippen LogP contribution in [0.5, 0.6) is 11.5 Å². The fraction of sp³-hybridized carbons (Fsp3) is 0.267. The molecular formula is C15H14O3S. The highest BCUT2D eigenvalue weighted by Gasteiger charge is 2.12. The number of carboxylic acids is 1. The van der Waals surface area contributed by atoms with Gasteiger partial charge in [0.05, 0.1) is 0 Å². The molecule has 4 heteroatoms. The maximum absolute atomic E-state index is 10.8. The van der Waals surface area contributed by atoms with Gasteiger partial charge in [0, 0.05) is 11.4 Å². The van der Waals surface area contributed by atoms with Crippen molar-refractivity contribution in [2.45, 2.75) is 25.7 Å². The van der Waals surface area contributed by atoms with Crippen LogP contribution in [0.3, 0.4) is 0 Å². The maximum Gasteiger partial charge on any atom is 0.346 e. The summed E-state index contributed by atoms with van der Waals surface area (Å²) in [4.78, 5) is 11.1. The molecule has 1 N–H and O–H groups in total. The number of aromatic carboxylic acids is 1. The SMILES string of the molecule is O=C(O)c1cc(Oc2ccc3c(c2)CCCC3)cs1. The highest BCUT2D eigenvalue weighted by molar-refractivity contribution is 7.12. The van der Waals surface area contributed by atoms with Crippen LogP contribution >= 0.6 is 11.3 Å². The number of carbonyl (C=O) groups is 1. The molecular weight excluding hydrogens is 260 g/mol. The van der Waals surface area contributed by atoms with E-state index in [1.807, 2.05) is 6.07 Å². The van der Waals surface area contributed by atoms with Crippen LogP contribution in [-0.2, 0) is 12.8 Å². The van der Waals surface area contributed by atoms with E-state index >= 15 is 0 Å². The van der Waals surface area contributed by atoms with Gasteiger partial charge in [-0.1, -0.05) is 6.07 Å². The Morgan fingerprint density at radius 2 is 1.89 bits per heavy atom. The van der Waals surface area contributed by atoms with Crippen molar-refractivity contribution in [1.29, 1.82) is 0 Å². The van der Waals surface area contributed by atoms with E-state index in [4.69, 9.17) is 9.84 Å². The van der Waals surface area contributed by atoms with Crippen molar-refractivity contribution >= 4 is 17.3 Å². The molecule has 3 rings (SSSR count). The molecule has 0 fully saturated rings. The van der Waals surface area contributed by atoms with Crippen molar-refractivity contribution in [1.82, 2.24) is 0 Å². The molecule has 0 aliphatic heterocycles. The Labute approximate surface area is 115 Å². The molecule has 1 heterocycles. The first kappa shape index (κ1) is 12.2. The van der Waals surface area contributed by atoms with Crippen LogP contribution in [0.1, 0.15) is 33.6 Å². The van der Waals surface area contributed by atoms with E-state index < -0.39 is 5.97 Å². The molecule has 0 amide bonds. The van der Waals surface area contributed by atoms with E-state index in [1.54, 1.807) is 11.4 Å². The average molecular weight is 274 g/mol. The van der Waals surface area contributed by atoms with Gasteiger partial charge in [-0.15, -0.1) is 11.3 Å².